The third-order valence-electron chi connectivity index (χ3n) is 1.39. The molecule has 0 aliphatic rings. The van der Waals surface area contributed by atoms with Gasteiger partial charge in [0.25, 0.3) is 0 Å². The Balaban J connectivity index is 2.82. The van der Waals surface area contributed by atoms with Gasteiger partial charge in [-0.05, 0) is 0 Å². The van der Waals surface area contributed by atoms with E-state index < -0.39 is 0 Å². The lowest BCUT2D eigenvalue weighted by atomic mass is 10.5. The van der Waals surface area contributed by atoms with Crippen molar-refractivity contribution < 1.29 is 0 Å². The zero-order chi connectivity index (χ0) is 8.97. The molecular formula is C8H10N4. The normalized spacial score (nSPS) is 9.00. The van der Waals surface area contributed by atoms with Crippen LogP contribution in [0.2, 0.25) is 0 Å². The van der Waals surface area contributed by atoms with E-state index in [2.05, 4.69) is 15.9 Å². The maximum Gasteiger partial charge on any atom is 0.134 e. The average Bonchev–Trinajstić information content (AvgIpc) is 2.05. The van der Waals surface area contributed by atoms with Crippen LogP contribution in [0.25, 0.3) is 0 Å². The maximum atomic E-state index is 5.46. The molecule has 0 aliphatic heterocycles. The van der Waals surface area contributed by atoms with Gasteiger partial charge in [0.2, 0.25) is 0 Å². The molecule has 0 spiro atoms. The monoisotopic (exact) mass is 162 g/mol. The van der Waals surface area contributed by atoms with E-state index in [1.54, 1.807) is 6.07 Å². The van der Waals surface area contributed by atoms with Gasteiger partial charge >= 0.3 is 0 Å². The van der Waals surface area contributed by atoms with Crippen LogP contribution in [0.1, 0.15) is 0 Å². The number of hydrogen-bond acceptors (Lipinski definition) is 4. The molecule has 1 heterocycles. The Bertz CT molecular complexity index is 302. The lowest BCUT2D eigenvalue weighted by Crippen LogP contribution is -2.18. The molecule has 0 amide bonds. The Hall–Kier alpha value is -1.76. The highest BCUT2D eigenvalue weighted by atomic mass is 15.2. The number of anilines is 2. The van der Waals surface area contributed by atoms with Crippen molar-refractivity contribution in [2.75, 3.05) is 24.2 Å². The van der Waals surface area contributed by atoms with E-state index in [4.69, 9.17) is 12.2 Å². The predicted octanol–water partition coefficient (Wildman–Crippen LogP) is 0.128. The van der Waals surface area contributed by atoms with E-state index in [-0.39, 0.29) is 0 Å². The molecule has 1 rings (SSSR count). The summed E-state index contributed by atoms with van der Waals surface area (Å²) < 4.78 is 0. The third-order valence-corrected chi connectivity index (χ3v) is 1.39. The van der Waals surface area contributed by atoms with Crippen molar-refractivity contribution >= 4 is 11.6 Å². The highest BCUT2D eigenvalue weighted by molar-refractivity contribution is 5.45. The molecule has 1 aromatic rings. The van der Waals surface area contributed by atoms with Crippen LogP contribution in [0.15, 0.2) is 12.4 Å². The summed E-state index contributed by atoms with van der Waals surface area (Å²) in [4.78, 5) is 9.59. The van der Waals surface area contributed by atoms with Crippen LogP contribution < -0.4 is 10.6 Å². The van der Waals surface area contributed by atoms with Gasteiger partial charge in [-0.2, -0.15) is 0 Å². The second kappa shape index (κ2) is 3.58. The Morgan fingerprint density at radius 1 is 1.67 bits per heavy atom. The minimum Gasteiger partial charge on any atom is -0.384 e. The van der Waals surface area contributed by atoms with Crippen molar-refractivity contribution in [3.8, 4) is 12.3 Å². The van der Waals surface area contributed by atoms with Gasteiger partial charge in [-0.25, -0.2) is 9.97 Å². The van der Waals surface area contributed by atoms with Crippen LogP contribution in [0.4, 0.5) is 11.6 Å². The first-order valence-corrected chi connectivity index (χ1v) is 3.46. The number of terminal acetylenes is 1. The molecule has 0 fully saturated rings. The molecule has 0 radical (unpaired) electrons. The van der Waals surface area contributed by atoms with Crippen molar-refractivity contribution in [3.63, 3.8) is 0 Å². The van der Waals surface area contributed by atoms with Gasteiger partial charge in [-0.3, -0.25) is 0 Å². The highest BCUT2D eigenvalue weighted by Gasteiger charge is 1.99. The van der Waals surface area contributed by atoms with Crippen molar-refractivity contribution in [2.45, 2.75) is 0 Å². The molecule has 1 aromatic heterocycles. The van der Waals surface area contributed by atoms with Crippen LogP contribution >= 0.6 is 0 Å². The molecule has 2 N–H and O–H groups in total. The van der Waals surface area contributed by atoms with Gasteiger partial charge in [0, 0.05) is 13.1 Å². The van der Waals surface area contributed by atoms with E-state index in [9.17, 15) is 0 Å². The lowest BCUT2D eigenvalue weighted by molar-refractivity contribution is 0.991. The first-order valence-electron chi connectivity index (χ1n) is 3.46. The molecule has 0 aromatic carbocycles. The van der Waals surface area contributed by atoms with Gasteiger partial charge in [-0.1, -0.05) is 5.92 Å². The molecule has 0 unspecified atom stereocenters. The molecular weight excluding hydrogens is 152 g/mol. The minimum absolute atomic E-state index is 0.448. The van der Waals surface area contributed by atoms with Crippen LogP contribution in [0.5, 0.6) is 0 Å². The van der Waals surface area contributed by atoms with Crippen LogP contribution in [0.3, 0.4) is 0 Å². The zero-order valence-corrected chi connectivity index (χ0v) is 6.86. The Morgan fingerprint density at radius 2 is 2.42 bits per heavy atom. The minimum atomic E-state index is 0.448. The third kappa shape index (κ3) is 1.86. The first-order chi connectivity index (χ1) is 5.74. The molecule has 0 bridgehead atoms. The van der Waals surface area contributed by atoms with Crippen molar-refractivity contribution in [2.24, 2.45) is 0 Å². The summed E-state index contributed by atoms with van der Waals surface area (Å²) >= 11 is 0. The smallest absolute Gasteiger partial charge is 0.134 e. The summed E-state index contributed by atoms with van der Waals surface area (Å²) in [6.07, 6.45) is 6.55. The summed E-state index contributed by atoms with van der Waals surface area (Å²) in [5.74, 6) is 3.69. The van der Waals surface area contributed by atoms with Gasteiger partial charge in [0.15, 0.2) is 0 Å². The number of nitrogen functional groups attached to an aromatic ring is 1. The van der Waals surface area contributed by atoms with Crippen LogP contribution in [-0.2, 0) is 0 Å². The van der Waals surface area contributed by atoms with Gasteiger partial charge in [-0.15, -0.1) is 6.42 Å². The van der Waals surface area contributed by atoms with Crippen LogP contribution in [0, 0.1) is 12.3 Å². The fourth-order valence-corrected chi connectivity index (χ4v) is 0.788. The number of hydrogen-bond donors (Lipinski definition) is 1. The van der Waals surface area contributed by atoms with E-state index in [0.29, 0.717) is 12.4 Å². The van der Waals surface area contributed by atoms with Crippen LogP contribution in [-0.4, -0.2) is 23.6 Å². The Morgan fingerprint density at radius 3 is 3.00 bits per heavy atom. The molecule has 0 atom stereocenters. The van der Waals surface area contributed by atoms with Crippen molar-refractivity contribution in [1.29, 1.82) is 0 Å². The summed E-state index contributed by atoms with van der Waals surface area (Å²) in [6.45, 7) is 0.510. The Labute approximate surface area is 71.4 Å². The molecule has 4 nitrogen and oxygen atoms in total. The Kier molecular flexibility index (Phi) is 2.49. The molecule has 62 valence electrons. The van der Waals surface area contributed by atoms with E-state index >= 15 is 0 Å². The van der Waals surface area contributed by atoms with Gasteiger partial charge in [0.1, 0.15) is 18.0 Å². The van der Waals surface area contributed by atoms with E-state index in [0.717, 1.165) is 5.82 Å². The largest absolute Gasteiger partial charge is 0.384 e. The molecule has 4 heteroatoms. The summed E-state index contributed by atoms with van der Waals surface area (Å²) in [5.41, 5.74) is 5.46. The number of aromatic nitrogens is 2. The van der Waals surface area contributed by atoms with Gasteiger partial charge in [0.05, 0.1) is 6.54 Å². The van der Waals surface area contributed by atoms with Crippen molar-refractivity contribution in [1.82, 2.24) is 9.97 Å². The number of nitrogens with two attached hydrogens (primary N) is 1. The highest BCUT2D eigenvalue weighted by Crippen LogP contribution is 2.08. The van der Waals surface area contributed by atoms with Crippen molar-refractivity contribution in [3.05, 3.63) is 12.4 Å². The zero-order valence-electron chi connectivity index (χ0n) is 6.86. The number of nitrogens with zero attached hydrogens (tertiary/aromatic N) is 3. The maximum absolute atomic E-state index is 5.46. The molecule has 12 heavy (non-hydrogen) atoms. The average molecular weight is 162 g/mol. The lowest BCUT2D eigenvalue weighted by Gasteiger charge is -2.13. The summed E-state index contributed by atoms with van der Waals surface area (Å²) in [6, 6.07) is 1.68. The molecule has 0 saturated heterocycles. The standard InChI is InChI=1S/C8H10N4/c1-3-4-12(2)8-5-7(9)10-6-11-8/h1,5-6H,4H2,2H3,(H2,9,10,11). The first kappa shape index (κ1) is 8.34. The van der Waals surface area contributed by atoms with Gasteiger partial charge < -0.3 is 10.6 Å². The predicted molar refractivity (Wildman–Crippen MR) is 48.5 cm³/mol. The summed E-state index contributed by atoms with van der Waals surface area (Å²) in [5, 5.41) is 0. The summed E-state index contributed by atoms with van der Waals surface area (Å²) in [7, 11) is 1.85. The quantitative estimate of drug-likeness (QED) is 0.628. The fraction of sp³-hybridized carbons (Fsp3) is 0.250. The topological polar surface area (TPSA) is 55.0 Å². The molecule has 0 saturated carbocycles. The SMILES string of the molecule is C#CCN(C)c1cc(N)ncn1. The second-order valence-corrected chi connectivity index (χ2v) is 2.36. The number of rotatable bonds is 2. The van der Waals surface area contributed by atoms with E-state index in [1.807, 2.05) is 11.9 Å². The molecule has 0 aliphatic carbocycles. The van der Waals surface area contributed by atoms with E-state index in [1.165, 1.54) is 6.33 Å². The second-order valence-electron chi connectivity index (χ2n) is 2.36. The fourth-order valence-electron chi connectivity index (χ4n) is 0.788.